The van der Waals surface area contributed by atoms with Gasteiger partial charge in [-0.05, 0) is 30.7 Å². The minimum absolute atomic E-state index is 0.136. The third-order valence-corrected chi connectivity index (χ3v) is 2.15. The number of hydrogen-bond donors (Lipinski definition) is 2. The van der Waals surface area contributed by atoms with Gasteiger partial charge in [0, 0.05) is 17.8 Å². The standard InChI is InChI=1S/C13H15N3O/c1-10(8-9-14)16-13(17)7-4-11-2-5-12(15)6-3-11/h2-7,10H,8,15H2,1H3,(H,16,17)/b7-4+. The van der Waals surface area contributed by atoms with E-state index in [9.17, 15) is 4.79 Å². The van der Waals surface area contributed by atoms with Gasteiger partial charge in [-0.3, -0.25) is 4.79 Å². The predicted molar refractivity (Wildman–Crippen MR) is 67.7 cm³/mol. The summed E-state index contributed by atoms with van der Waals surface area (Å²) in [4.78, 5) is 11.4. The van der Waals surface area contributed by atoms with E-state index in [4.69, 9.17) is 11.0 Å². The van der Waals surface area contributed by atoms with Gasteiger partial charge >= 0.3 is 0 Å². The third kappa shape index (κ3) is 4.85. The fourth-order valence-corrected chi connectivity index (χ4v) is 1.26. The molecule has 1 aromatic rings. The van der Waals surface area contributed by atoms with Crippen molar-refractivity contribution in [3.8, 4) is 6.07 Å². The molecule has 0 aliphatic heterocycles. The molecule has 0 saturated heterocycles. The Hall–Kier alpha value is -2.28. The molecule has 0 fully saturated rings. The molecule has 0 saturated carbocycles. The van der Waals surface area contributed by atoms with Gasteiger partial charge in [0.2, 0.25) is 5.91 Å². The number of nitriles is 1. The van der Waals surface area contributed by atoms with Gasteiger partial charge in [-0.2, -0.15) is 5.26 Å². The molecule has 0 radical (unpaired) electrons. The maximum absolute atomic E-state index is 11.4. The molecule has 4 nitrogen and oxygen atoms in total. The van der Waals surface area contributed by atoms with E-state index in [-0.39, 0.29) is 11.9 Å². The van der Waals surface area contributed by atoms with E-state index < -0.39 is 0 Å². The lowest BCUT2D eigenvalue weighted by Gasteiger charge is -2.07. The molecule has 4 heteroatoms. The molecule has 1 atom stereocenters. The second-order valence-electron chi connectivity index (χ2n) is 3.77. The van der Waals surface area contributed by atoms with E-state index >= 15 is 0 Å². The molecule has 0 aromatic heterocycles. The van der Waals surface area contributed by atoms with Crippen molar-refractivity contribution in [2.45, 2.75) is 19.4 Å². The minimum Gasteiger partial charge on any atom is -0.399 e. The number of nitrogens with two attached hydrogens (primary N) is 1. The summed E-state index contributed by atoms with van der Waals surface area (Å²) in [6.07, 6.45) is 3.45. The van der Waals surface area contributed by atoms with Gasteiger partial charge in [0.15, 0.2) is 0 Å². The van der Waals surface area contributed by atoms with Gasteiger partial charge in [-0.1, -0.05) is 12.1 Å². The van der Waals surface area contributed by atoms with Crippen LogP contribution >= 0.6 is 0 Å². The topological polar surface area (TPSA) is 78.9 Å². The second-order valence-corrected chi connectivity index (χ2v) is 3.77. The lowest BCUT2D eigenvalue weighted by molar-refractivity contribution is -0.116. The summed E-state index contributed by atoms with van der Waals surface area (Å²) < 4.78 is 0. The van der Waals surface area contributed by atoms with Crippen LogP contribution in [-0.4, -0.2) is 11.9 Å². The second kappa shape index (κ2) is 6.33. The molecular formula is C13H15N3O. The number of nitrogens with zero attached hydrogens (tertiary/aromatic N) is 1. The summed E-state index contributed by atoms with van der Waals surface area (Å²) in [5, 5.41) is 11.1. The summed E-state index contributed by atoms with van der Waals surface area (Å²) in [5.74, 6) is -0.204. The number of rotatable bonds is 4. The van der Waals surface area contributed by atoms with E-state index in [1.165, 1.54) is 6.08 Å². The van der Waals surface area contributed by atoms with Crippen LogP contribution in [0, 0.1) is 11.3 Å². The molecule has 88 valence electrons. The van der Waals surface area contributed by atoms with Crippen LogP contribution < -0.4 is 11.1 Å². The maximum Gasteiger partial charge on any atom is 0.244 e. The monoisotopic (exact) mass is 229 g/mol. The third-order valence-electron chi connectivity index (χ3n) is 2.15. The molecule has 3 N–H and O–H groups in total. The Balaban J connectivity index is 2.51. The number of amides is 1. The molecular weight excluding hydrogens is 214 g/mol. The number of hydrogen-bond acceptors (Lipinski definition) is 3. The highest BCUT2D eigenvalue weighted by molar-refractivity contribution is 5.91. The first kappa shape index (κ1) is 12.8. The summed E-state index contributed by atoms with van der Waals surface area (Å²) in [5.41, 5.74) is 7.14. The smallest absolute Gasteiger partial charge is 0.244 e. The first-order valence-corrected chi connectivity index (χ1v) is 5.33. The van der Waals surface area contributed by atoms with Gasteiger partial charge in [0.25, 0.3) is 0 Å². The largest absolute Gasteiger partial charge is 0.399 e. The zero-order valence-electron chi connectivity index (χ0n) is 9.68. The van der Waals surface area contributed by atoms with Crippen LogP contribution in [-0.2, 0) is 4.79 Å². The predicted octanol–water partition coefficient (Wildman–Crippen LogP) is 1.70. The number of carbonyl (C=O) groups excluding carboxylic acids is 1. The number of benzene rings is 1. The van der Waals surface area contributed by atoms with E-state index in [0.29, 0.717) is 12.1 Å². The van der Waals surface area contributed by atoms with E-state index in [1.807, 2.05) is 18.2 Å². The zero-order valence-corrected chi connectivity index (χ0v) is 9.68. The number of nitrogens with one attached hydrogen (secondary N) is 1. The summed E-state index contributed by atoms with van der Waals surface area (Å²) in [6.45, 7) is 1.79. The first-order chi connectivity index (χ1) is 8.11. The summed E-state index contributed by atoms with van der Waals surface area (Å²) in [6, 6.07) is 9.07. The Labute approximate surface area is 101 Å². The minimum atomic E-state index is -0.204. The Morgan fingerprint density at radius 1 is 1.53 bits per heavy atom. The van der Waals surface area contributed by atoms with Crippen molar-refractivity contribution in [3.63, 3.8) is 0 Å². The molecule has 17 heavy (non-hydrogen) atoms. The van der Waals surface area contributed by atoms with Crippen molar-refractivity contribution in [1.82, 2.24) is 5.32 Å². The van der Waals surface area contributed by atoms with Gasteiger partial charge in [-0.25, -0.2) is 0 Å². The zero-order chi connectivity index (χ0) is 12.7. The highest BCUT2D eigenvalue weighted by Crippen LogP contribution is 2.06. The molecule has 0 spiro atoms. The quantitative estimate of drug-likeness (QED) is 0.609. The van der Waals surface area contributed by atoms with E-state index in [2.05, 4.69) is 5.32 Å². The molecule has 0 aliphatic carbocycles. The highest BCUT2D eigenvalue weighted by atomic mass is 16.1. The van der Waals surface area contributed by atoms with Crippen molar-refractivity contribution in [2.24, 2.45) is 0 Å². The molecule has 1 unspecified atom stereocenters. The molecule has 0 aliphatic rings. The lowest BCUT2D eigenvalue weighted by Crippen LogP contribution is -2.30. The Morgan fingerprint density at radius 2 is 2.18 bits per heavy atom. The molecule has 1 amide bonds. The number of anilines is 1. The van der Waals surface area contributed by atoms with Crippen LogP contribution in [0.5, 0.6) is 0 Å². The van der Waals surface area contributed by atoms with Crippen molar-refractivity contribution in [2.75, 3.05) is 5.73 Å². The van der Waals surface area contributed by atoms with Crippen LogP contribution in [0.3, 0.4) is 0 Å². The maximum atomic E-state index is 11.4. The molecule has 1 aromatic carbocycles. The van der Waals surface area contributed by atoms with Gasteiger partial charge in [0.1, 0.15) is 0 Å². The summed E-state index contributed by atoms with van der Waals surface area (Å²) >= 11 is 0. The van der Waals surface area contributed by atoms with Crippen molar-refractivity contribution < 1.29 is 4.79 Å². The summed E-state index contributed by atoms with van der Waals surface area (Å²) in [7, 11) is 0. The van der Waals surface area contributed by atoms with Gasteiger partial charge < -0.3 is 11.1 Å². The van der Waals surface area contributed by atoms with E-state index in [1.54, 1.807) is 25.1 Å². The fourth-order valence-electron chi connectivity index (χ4n) is 1.26. The Morgan fingerprint density at radius 3 is 2.76 bits per heavy atom. The van der Waals surface area contributed by atoms with E-state index in [0.717, 1.165) is 5.56 Å². The highest BCUT2D eigenvalue weighted by Gasteiger charge is 2.02. The Kier molecular flexibility index (Phi) is 4.77. The number of carbonyl (C=O) groups is 1. The van der Waals surface area contributed by atoms with Crippen molar-refractivity contribution >= 4 is 17.7 Å². The van der Waals surface area contributed by atoms with Gasteiger partial charge in [-0.15, -0.1) is 0 Å². The SMILES string of the molecule is CC(CC#N)NC(=O)/C=C/c1ccc(N)cc1. The van der Waals surface area contributed by atoms with Gasteiger partial charge in [0.05, 0.1) is 12.5 Å². The molecule has 1 rings (SSSR count). The normalized spacial score (nSPS) is 12.0. The fraction of sp³-hybridized carbons (Fsp3) is 0.231. The first-order valence-electron chi connectivity index (χ1n) is 5.33. The molecule has 0 bridgehead atoms. The average molecular weight is 229 g/mol. The van der Waals surface area contributed by atoms with Crippen molar-refractivity contribution in [3.05, 3.63) is 35.9 Å². The van der Waals surface area contributed by atoms with Crippen LogP contribution in [0.2, 0.25) is 0 Å². The van der Waals surface area contributed by atoms with Crippen LogP contribution in [0.25, 0.3) is 6.08 Å². The van der Waals surface area contributed by atoms with Crippen LogP contribution in [0.1, 0.15) is 18.9 Å². The lowest BCUT2D eigenvalue weighted by atomic mass is 10.2. The van der Waals surface area contributed by atoms with Crippen molar-refractivity contribution in [1.29, 1.82) is 5.26 Å². The van der Waals surface area contributed by atoms with Crippen LogP contribution in [0.15, 0.2) is 30.3 Å². The van der Waals surface area contributed by atoms with Crippen LogP contribution in [0.4, 0.5) is 5.69 Å². The number of nitrogen functional groups attached to an aromatic ring is 1. The molecule has 0 heterocycles. The Bertz CT molecular complexity index is 443. The average Bonchev–Trinajstić information content (AvgIpc) is 2.28.